The molecule has 0 unspecified atom stereocenters. The van der Waals surface area contributed by atoms with Crippen LogP contribution in [0.25, 0.3) is 0 Å². The highest BCUT2D eigenvalue weighted by atomic mass is 32.2. The number of piperidine rings is 1. The summed E-state index contributed by atoms with van der Waals surface area (Å²) in [6.07, 6.45) is 2.67. The third-order valence-electron chi connectivity index (χ3n) is 5.50. The maximum Gasteiger partial charge on any atom is 0.338 e. The number of carbonyl (C=O) groups excluding carboxylic acids is 2. The molecule has 0 aliphatic carbocycles. The van der Waals surface area contributed by atoms with Crippen LogP contribution in [0.2, 0.25) is 0 Å². The van der Waals surface area contributed by atoms with E-state index < -0.39 is 22.6 Å². The number of rotatable bonds is 7. The summed E-state index contributed by atoms with van der Waals surface area (Å²) in [6, 6.07) is 13.5. The minimum Gasteiger partial charge on any atom is -0.452 e. The lowest BCUT2D eigenvalue weighted by molar-refractivity contribution is -0.122. The van der Waals surface area contributed by atoms with E-state index >= 15 is 0 Å². The smallest absolute Gasteiger partial charge is 0.338 e. The van der Waals surface area contributed by atoms with Gasteiger partial charge < -0.3 is 9.64 Å². The van der Waals surface area contributed by atoms with E-state index in [1.54, 1.807) is 17.9 Å². The van der Waals surface area contributed by atoms with Crippen LogP contribution < -0.4 is 4.90 Å². The van der Waals surface area contributed by atoms with E-state index in [0.29, 0.717) is 24.3 Å². The number of anilines is 1. The molecule has 2 aromatic rings. The Morgan fingerprint density at radius 2 is 1.69 bits per heavy atom. The highest BCUT2D eigenvalue weighted by Crippen LogP contribution is 2.25. The number of esters is 1. The lowest BCUT2D eigenvalue weighted by Crippen LogP contribution is -2.40. The number of amides is 1. The molecule has 1 aliphatic heterocycles. The molecular weight excluding hydrogens is 428 g/mol. The fraction of sp³-hybridized carbons (Fsp3) is 0.417. The van der Waals surface area contributed by atoms with Gasteiger partial charge in [-0.15, -0.1) is 0 Å². The minimum absolute atomic E-state index is 0.105. The fourth-order valence-corrected chi connectivity index (χ4v) is 5.62. The van der Waals surface area contributed by atoms with Crippen molar-refractivity contribution in [1.29, 1.82) is 0 Å². The van der Waals surface area contributed by atoms with Crippen LogP contribution in [0.3, 0.4) is 0 Å². The Hall–Kier alpha value is -2.71. The van der Waals surface area contributed by atoms with Crippen molar-refractivity contribution in [3.05, 3.63) is 59.7 Å². The van der Waals surface area contributed by atoms with Crippen molar-refractivity contribution in [2.45, 2.75) is 51.0 Å². The first-order valence-corrected chi connectivity index (χ1v) is 12.3. The van der Waals surface area contributed by atoms with Crippen LogP contribution in [0.15, 0.2) is 53.4 Å². The topological polar surface area (TPSA) is 84.0 Å². The quantitative estimate of drug-likeness (QED) is 0.590. The largest absolute Gasteiger partial charge is 0.452 e. The zero-order chi connectivity index (χ0) is 23.3. The second-order valence-corrected chi connectivity index (χ2v) is 10.1. The van der Waals surface area contributed by atoms with Gasteiger partial charge in [0.05, 0.1) is 10.5 Å². The molecule has 1 saturated heterocycles. The van der Waals surface area contributed by atoms with Gasteiger partial charge in [-0.2, -0.15) is 4.31 Å². The Labute approximate surface area is 190 Å². The number of hydrogen-bond donors (Lipinski definition) is 0. The van der Waals surface area contributed by atoms with Crippen LogP contribution in [-0.4, -0.2) is 50.3 Å². The molecule has 0 N–H and O–H groups in total. The molecule has 1 aliphatic rings. The van der Waals surface area contributed by atoms with E-state index in [9.17, 15) is 18.0 Å². The second-order valence-electron chi connectivity index (χ2n) is 8.21. The van der Waals surface area contributed by atoms with Gasteiger partial charge in [-0.25, -0.2) is 13.2 Å². The SMILES string of the molecule is Cc1ccc(C(=O)OCC(=O)N(c2ccccc2)C(C)C)cc1S(=O)(=O)N1CCCCC1. The predicted octanol–water partition coefficient (Wildman–Crippen LogP) is 3.77. The molecule has 0 saturated carbocycles. The minimum atomic E-state index is -3.69. The van der Waals surface area contributed by atoms with Crippen LogP contribution in [0.1, 0.15) is 49.0 Å². The predicted molar refractivity (Wildman–Crippen MR) is 123 cm³/mol. The summed E-state index contributed by atoms with van der Waals surface area (Å²) in [6.45, 7) is 5.99. The summed E-state index contributed by atoms with van der Waals surface area (Å²) in [5, 5.41) is 0. The molecule has 0 bridgehead atoms. The van der Waals surface area contributed by atoms with E-state index in [1.807, 2.05) is 44.2 Å². The average molecular weight is 459 g/mol. The monoisotopic (exact) mass is 458 g/mol. The highest BCUT2D eigenvalue weighted by molar-refractivity contribution is 7.89. The standard InChI is InChI=1S/C24H30N2O5S/c1-18(2)26(21-10-6-4-7-11-21)23(27)17-31-24(28)20-13-12-19(3)22(16-20)32(29,30)25-14-8-5-9-15-25/h4,6-7,10-13,16,18H,5,8-9,14-15,17H2,1-3H3. The van der Waals surface area contributed by atoms with E-state index in [-0.39, 0.29) is 22.4 Å². The Balaban J connectivity index is 1.74. The Morgan fingerprint density at radius 1 is 1.03 bits per heavy atom. The number of ether oxygens (including phenoxy) is 1. The lowest BCUT2D eigenvalue weighted by atomic mass is 10.1. The Morgan fingerprint density at radius 3 is 2.31 bits per heavy atom. The van der Waals surface area contributed by atoms with E-state index in [0.717, 1.165) is 19.3 Å². The second kappa shape index (κ2) is 10.3. The summed E-state index contributed by atoms with van der Waals surface area (Å²) in [5.41, 5.74) is 1.39. The summed E-state index contributed by atoms with van der Waals surface area (Å²) in [5.74, 6) is -1.09. The molecule has 7 nitrogen and oxygen atoms in total. The Bertz CT molecular complexity index is 1060. The van der Waals surface area contributed by atoms with Crippen molar-refractivity contribution in [3.8, 4) is 0 Å². The number of para-hydroxylation sites is 1. The summed E-state index contributed by atoms with van der Waals surface area (Å²) in [7, 11) is -3.69. The van der Waals surface area contributed by atoms with Gasteiger partial charge in [0.2, 0.25) is 10.0 Å². The first-order valence-electron chi connectivity index (χ1n) is 10.9. The maximum absolute atomic E-state index is 13.1. The highest BCUT2D eigenvalue weighted by Gasteiger charge is 2.28. The first-order chi connectivity index (χ1) is 15.2. The zero-order valence-corrected chi connectivity index (χ0v) is 19.6. The van der Waals surface area contributed by atoms with Crippen LogP contribution in [0.5, 0.6) is 0 Å². The first kappa shape index (κ1) is 23.9. The number of hydrogen-bond acceptors (Lipinski definition) is 5. The van der Waals surface area contributed by atoms with Crippen LogP contribution in [0, 0.1) is 6.92 Å². The summed E-state index contributed by atoms with van der Waals surface area (Å²) in [4.78, 5) is 27.1. The maximum atomic E-state index is 13.1. The molecule has 3 rings (SSSR count). The van der Waals surface area contributed by atoms with Crippen LogP contribution >= 0.6 is 0 Å². The van der Waals surface area contributed by atoms with Gasteiger partial charge in [-0.1, -0.05) is 30.7 Å². The molecule has 0 atom stereocenters. The van der Waals surface area contributed by atoms with Crippen LogP contribution in [-0.2, 0) is 19.6 Å². The summed E-state index contributed by atoms with van der Waals surface area (Å²) >= 11 is 0. The van der Waals surface area contributed by atoms with Crippen molar-refractivity contribution in [1.82, 2.24) is 4.31 Å². The molecule has 32 heavy (non-hydrogen) atoms. The zero-order valence-electron chi connectivity index (χ0n) is 18.8. The molecule has 1 amide bonds. The van der Waals surface area contributed by atoms with Crippen molar-refractivity contribution in [3.63, 3.8) is 0 Å². The molecule has 0 spiro atoms. The molecular formula is C24H30N2O5S. The normalized spacial score (nSPS) is 14.9. The van der Waals surface area contributed by atoms with Gasteiger partial charge >= 0.3 is 5.97 Å². The number of sulfonamides is 1. The van der Waals surface area contributed by atoms with Gasteiger partial charge in [0.25, 0.3) is 5.91 Å². The summed E-state index contributed by atoms with van der Waals surface area (Å²) < 4.78 is 32.9. The Kier molecular flexibility index (Phi) is 7.69. The number of benzene rings is 2. The third-order valence-corrected chi connectivity index (χ3v) is 7.54. The lowest BCUT2D eigenvalue weighted by Gasteiger charge is -2.27. The fourth-order valence-electron chi connectivity index (χ4n) is 3.85. The van der Waals surface area contributed by atoms with Crippen LogP contribution in [0.4, 0.5) is 5.69 Å². The van der Waals surface area contributed by atoms with Gasteiger partial charge in [-0.3, -0.25) is 4.79 Å². The molecule has 0 radical (unpaired) electrons. The third kappa shape index (κ3) is 5.37. The van der Waals surface area contributed by atoms with Gasteiger partial charge in [-0.05, 0) is 63.4 Å². The molecule has 1 heterocycles. The average Bonchev–Trinajstić information content (AvgIpc) is 2.79. The van der Waals surface area contributed by atoms with E-state index in [4.69, 9.17) is 4.74 Å². The van der Waals surface area contributed by atoms with Gasteiger partial charge in [0.1, 0.15) is 0 Å². The number of nitrogens with zero attached hydrogens (tertiary/aromatic N) is 2. The number of aryl methyl sites for hydroxylation is 1. The van der Waals surface area contributed by atoms with Crippen molar-refractivity contribution in [2.75, 3.05) is 24.6 Å². The molecule has 8 heteroatoms. The van der Waals surface area contributed by atoms with Crippen molar-refractivity contribution >= 4 is 27.6 Å². The van der Waals surface area contributed by atoms with Gasteiger partial charge in [0.15, 0.2) is 6.61 Å². The van der Waals surface area contributed by atoms with E-state index in [1.165, 1.54) is 16.4 Å². The van der Waals surface area contributed by atoms with Crippen molar-refractivity contribution in [2.24, 2.45) is 0 Å². The molecule has 172 valence electrons. The molecule has 1 fully saturated rings. The van der Waals surface area contributed by atoms with E-state index in [2.05, 4.69) is 0 Å². The molecule has 0 aromatic heterocycles. The number of carbonyl (C=O) groups is 2. The molecule has 2 aromatic carbocycles. The van der Waals surface area contributed by atoms with Gasteiger partial charge in [0, 0.05) is 24.8 Å². The van der Waals surface area contributed by atoms with Crippen molar-refractivity contribution < 1.29 is 22.7 Å².